The van der Waals surface area contributed by atoms with E-state index in [1.54, 1.807) is 0 Å². The molecule has 19 heavy (non-hydrogen) atoms. The van der Waals surface area contributed by atoms with E-state index in [-0.39, 0.29) is 12.6 Å². The molecular formula is C15H31NO3. The zero-order valence-corrected chi connectivity index (χ0v) is 12.9. The van der Waals surface area contributed by atoms with Gasteiger partial charge in [0.05, 0.1) is 13.2 Å². The molecule has 0 unspecified atom stereocenters. The Morgan fingerprint density at radius 3 is 2.32 bits per heavy atom. The molecule has 0 saturated heterocycles. The number of rotatable bonds is 12. The minimum Gasteiger partial charge on any atom is -0.466 e. The smallest absolute Gasteiger partial charge is 0.305 e. The molecule has 0 rings (SSSR count). The molecule has 0 aliphatic carbocycles. The Balaban J connectivity index is 3.77. The van der Waals surface area contributed by atoms with Crippen LogP contribution < -0.4 is 0 Å². The summed E-state index contributed by atoms with van der Waals surface area (Å²) in [5.74, 6) is -0.0882. The number of unbranched alkanes of at least 4 members (excludes halogenated alkanes) is 2. The van der Waals surface area contributed by atoms with E-state index in [2.05, 4.69) is 18.7 Å². The van der Waals surface area contributed by atoms with Crippen molar-refractivity contribution in [2.45, 2.75) is 65.3 Å². The number of esters is 1. The monoisotopic (exact) mass is 273 g/mol. The normalized spacial score (nSPS) is 11.3. The third kappa shape index (κ3) is 9.00. The van der Waals surface area contributed by atoms with Crippen LogP contribution in [0, 0.1) is 0 Å². The van der Waals surface area contributed by atoms with Crippen molar-refractivity contribution in [2.24, 2.45) is 0 Å². The quantitative estimate of drug-likeness (QED) is 0.438. The zero-order valence-electron chi connectivity index (χ0n) is 12.9. The Bertz CT molecular complexity index is 217. The topological polar surface area (TPSA) is 49.8 Å². The van der Waals surface area contributed by atoms with E-state index >= 15 is 0 Å². The summed E-state index contributed by atoms with van der Waals surface area (Å²) in [5.41, 5.74) is 0. The van der Waals surface area contributed by atoms with Gasteiger partial charge in [-0.3, -0.25) is 9.69 Å². The average molecular weight is 273 g/mol. The molecule has 4 nitrogen and oxygen atoms in total. The highest BCUT2D eigenvalue weighted by molar-refractivity contribution is 5.69. The van der Waals surface area contributed by atoms with Crippen LogP contribution in [0.1, 0.15) is 59.3 Å². The second-order valence-corrected chi connectivity index (χ2v) is 4.85. The highest BCUT2D eigenvalue weighted by Crippen LogP contribution is 2.11. The Hall–Kier alpha value is -0.610. The Morgan fingerprint density at radius 2 is 1.79 bits per heavy atom. The summed E-state index contributed by atoms with van der Waals surface area (Å²) in [6, 6.07) is 0.567. The van der Waals surface area contributed by atoms with Crippen LogP contribution in [0.15, 0.2) is 0 Å². The van der Waals surface area contributed by atoms with Gasteiger partial charge in [0.15, 0.2) is 0 Å². The van der Waals surface area contributed by atoms with Gasteiger partial charge in [-0.05, 0) is 39.2 Å². The minimum absolute atomic E-state index is 0.0882. The lowest BCUT2D eigenvalue weighted by atomic mass is 10.1. The molecule has 0 bridgehead atoms. The van der Waals surface area contributed by atoms with Crippen molar-refractivity contribution >= 4 is 5.97 Å². The molecule has 0 amide bonds. The van der Waals surface area contributed by atoms with Gasteiger partial charge in [-0.15, -0.1) is 0 Å². The molecule has 114 valence electrons. The van der Waals surface area contributed by atoms with Crippen molar-refractivity contribution in [2.75, 3.05) is 26.3 Å². The molecule has 0 fully saturated rings. The van der Waals surface area contributed by atoms with Crippen LogP contribution in [0.4, 0.5) is 0 Å². The number of hydrogen-bond acceptors (Lipinski definition) is 4. The SMILES string of the molecule is CCOC(=O)CCCCCN(CCO)C(CC)CC. The highest BCUT2D eigenvalue weighted by atomic mass is 16.5. The van der Waals surface area contributed by atoms with E-state index in [1.807, 2.05) is 6.92 Å². The Labute approximate surface area is 118 Å². The van der Waals surface area contributed by atoms with E-state index < -0.39 is 0 Å². The fraction of sp³-hybridized carbons (Fsp3) is 0.933. The summed E-state index contributed by atoms with van der Waals surface area (Å²) in [7, 11) is 0. The molecule has 0 aliphatic heterocycles. The second kappa shape index (κ2) is 12.4. The number of nitrogens with zero attached hydrogens (tertiary/aromatic N) is 1. The summed E-state index contributed by atoms with van der Waals surface area (Å²) in [6.45, 7) is 8.68. The van der Waals surface area contributed by atoms with E-state index in [4.69, 9.17) is 9.84 Å². The number of hydrogen-bond donors (Lipinski definition) is 1. The molecule has 0 heterocycles. The number of aliphatic hydroxyl groups excluding tert-OH is 1. The maximum atomic E-state index is 11.2. The van der Waals surface area contributed by atoms with E-state index in [9.17, 15) is 4.79 Å². The lowest BCUT2D eigenvalue weighted by Crippen LogP contribution is -2.37. The first-order chi connectivity index (χ1) is 9.19. The molecular weight excluding hydrogens is 242 g/mol. The molecule has 0 aromatic rings. The molecule has 0 aromatic carbocycles. The molecule has 0 saturated carbocycles. The van der Waals surface area contributed by atoms with Crippen LogP contribution in [0.2, 0.25) is 0 Å². The second-order valence-electron chi connectivity index (χ2n) is 4.85. The van der Waals surface area contributed by atoms with Crippen molar-refractivity contribution in [1.82, 2.24) is 4.90 Å². The fourth-order valence-corrected chi connectivity index (χ4v) is 2.40. The van der Waals surface area contributed by atoms with Gasteiger partial charge in [0.1, 0.15) is 0 Å². The van der Waals surface area contributed by atoms with Crippen LogP contribution >= 0.6 is 0 Å². The number of aliphatic hydroxyl groups is 1. The van der Waals surface area contributed by atoms with E-state index in [0.717, 1.165) is 45.2 Å². The lowest BCUT2D eigenvalue weighted by molar-refractivity contribution is -0.143. The van der Waals surface area contributed by atoms with Crippen LogP contribution in [-0.4, -0.2) is 48.3 Å². The summed E-state index contributed by atoms with van der Waals surface area (Å²) >= 11 is 0. The van der Waals surface area contributed by atoms with Crippen LogP contribution in [0.3, 0.4) is 0 Å². The summed E-state index contributed by atoms with van der Waals surface area (Å²) in [6.07, 6.45) is 5.79. The average Bonchev–Trinajstić information content (AvgIpc) is 2.40. The molecule has 0 aliphatic rings. The lowest BCUT2D eigenvalue weighted by Gasteiger charge is -2.29. The molecule has 0 atom stereocenters. The van der Waals surface area contributed by atoms with Gasteiger partial charge in [0.2, 0.25) is 0 Å². The van der Waals surface area contributed by atoms with Gasteiger partial charge in [0.25, 0.3) is 0 Å². The predicted molar refractivity (Wildman–Crippen MR) is 78.1 cm³/mol. The van der Waals surface area contributed by atoms with Gasteiger partial charge in [0, 0.05) is 19.0 Å². The fourth-order valence-electron chi connectivity index (χ4n) is 2.40. The van der Waals surface area contributed by atoms with Gasteiger partial charge in [-0.2, -0.15) is 0 Å². The van der Waals surface area contributed by atoms with Crippen LogP contribution in [0.5, 0.6) is 0 Å². The molecule has 1 N–H and O–H groups in total. The zero-order chi connectivity index (χ0) is 14.5. The standard InChI is InChI=1S/C15H31NO3/c1-4-14(5-2)16(12-13-17)11-9-7-8-10-15(18)19-6-3/h14,17H,4-13H2,1-3H3. The first kappa shape index (κ1) is 18.4. The van der Waals surface area contributed by atoms with Crippen LogP contribution in [0.25, 0.3) is 0 Å². The number of carbonyl (C=O) groups excluding carboxylic acids is 1. The third-order valence-electron chi connectivity index (χ3n) is 3.48. The number of ether oxygens (including phenoxy) is 1. The number of carbonyl (C=O) groups is 1. The maximum absolute atomic E-state index is 11.2. The van der Waals surface area contributed by atoms with Crippen molar-refractivity contribution < 1.29 is 14.6 Å². The Morgan fingerprint density at radius 1 is 1.11 bits per heavy atom. The largest absolute Gasteiger partial charge is 0.466 e. The van der Waals surface area contributed by atoms with Crippen molar-refractivity contribution in [3.8, 4) is 0 Å². The molecule has 0 spiro atoms. The first-order valence-electron chi connectivity index (χ1n) is 7.70. The van der Waals surface area contributed by atoms with Crippen LogP contribution in [-0.2, 0) is 9.53 Å². The van der Waals surface area contributed by atoms with Crippen molar-refractivity contribution in [1.29, 1.82) is 0 Å². The van der Waals surface area contributed by atoms with Gasteiger partial charge in [-0.25, -0.2) is 0 Å². The van der Waals surface area contributed by atoms with Gasteiger partial charge >= 0.3 is 5.97 Å². The van der Waals surface area contributed by atoms with Crippen molar-refractivity contribution in [3.63, 3.8) is 0 Å². The highest BCUT2D eigenvalue weighted by Gasteiger charge is 2.13. The van der Waals surface area contributed by atoms with Crippen molar-refractivity contribution in [3.05, 3.63) is 0 Å². The molecule has 0 radical (unpaired) electrons. The third-order valence-corrected chi connectivity index (χ3v) is 3.48. The molecule has 0 aromatic heterocycles. The summed E-state index contributed by atoms with van der Waals surface area (Å²) < 4.78 is 4.90. The predicted octanol–water partition coefficient (Wildman–Crippen LogP) is 2.59. The summed E-state index contributed by atoms with van der Waals surface area (Å²) in [5, 5.41) is 9.11. The minimum atomic E-state index is -0.0882. The van der Waals surface area contributed by atoms with E-state index in [1.165, 1.54) is 0 Å². The van der Waals surface area contributed by atoms with Gasteiger partial charge < -0.3 is 9.84 Å². The Kier molecular flexibility index (Phi) is 12.0. The maximum Gasteiger partial charge on any atom is 0.305 e. The van der Waals surface area contributed by atoms with E-state index in [0.29, 0.717) is 19.1 Å². The molecule has 4 heteroatoms. The van der Waals surface area contributed by atoms with Gasteiger partial charge in [-0.1, -0.05) is 20.3 Å². The summed E-state index contributed by atoms with van der Waals surface area (Å²) in [4.78, 5) is 13.5. The first-order valence-corrected chi connectivity index (χ1v) is 7.70.